The van der Waals surface area contributed by atoms with Gasteiger partial charge in [0.15, 0.2) is 0 Å². The van der Waals surface area contributed by atoms with Gasteiger partial charge < -0.3 is 4.74 Å². The number of methoxy groups -OCH3 is 1. The molecule has 0 saturated carbocycles. The third-order valence-corrected chi connectivity index (χ3v) is 6.04. The highest BCUT2D eigenvalue weighted by Crippen LogP contribution is 2.34. The number of hydrogen-bond donors (Lipinski definition) is 1. The zero-order valence-corrected chi connectivity index (χ0v) is 15.8. The maximum Gasteiger partial charge on any atom is 0.305 e. The van der Waals surface area contributed by atoms with Crippen LogP contribution in [-0.4, -0.2) is 65.6 Å². The summed E-state index contributed by atoms with van der Waals surface area (Å²) in [6.45, 7) is 0. The molecule has 1 aliphatic rings. The minimum Gasteiger partial charge on any atom is -0.469 e. The number of esters is 1. The molecule has 3 atom stereocenters. The molecule has 1 saturated heterocycles. The molecule has 0 aromatic heterocycles. The van der Waals surface area contributed by atoms with Crippen LogP contribution in [0.15, 0.2) is 0 Å². The number of sulfonamides is 1. The summed E-state index contributed by atoms with van der Waals surface area (Å²) >= 11 is 1.47. The molecule has 1 heterocycles. The highest BCUT2D eigenvalue weighted by atomic mass is 32.2. The summed E-state index contributed by atoms with van der Waals surface area (Å²) in [6.07, 6.45) is 3.48. The van der Waals surface area contributed by atoms with Gasteiger partial charge >= 0.3 is 5.97 Å². The third-order valence-electron chi connectivity index (χ3n) is 3.25. The number of nitrogens with one attached hydrogen (secondary N) is 1. The third kappa shape index (κ3) is 8.34. The van der Waals surface area contributed by atoms with Gasteiger partial charge in [-0.15, -0.1) is 0 Å². The van der Waals surface area contributed by atoms with E-state index in [1.54, 1.807) is 0 Å². The minimum atomic E-state index is -3.70. The molecule has 0 spiro atoms. The molecule has 0 bridgehead atoms. The standard InChI is InChI=1S/C12H23NO7S3/c1-19-11(14)7-5-4-6-10-12(20-23(3,17)18)9(8-21-10)13-22(2,15)16/h9-10,12-13H,4-8H2,1-3H3/t9-,10+,12-/m1/s1. The molecule has 0 amide bonds. The lowest BCUT2D eigenvalue weighted by molar-refractivity contribution is -0.140. The predicted molar refractivity (Wildman–Crippen MR) is 88.2 cm³/mol. The van der Waals surface area contributed by atoms with Crippen molar-refractivity contribution in [2.75, 3.05) is 25.4 Å². The first kappa shape index (κ1) is 20.7. The molecule has 8 nitrogen and oxygen atoms in total. The van der Waals surface area contributed by atoms with Gasteiger partial charge in [0.2, 0.25) is 10.0 Å². The summed E-state index contributed by atoms with van der Waals surface area (Å²) in [7, 11) is -5.83. The number of unbranched alkanes of at least 4 members (excludes halogenated alkanes) is 1. The van der Waals surface area contributed by atoms with Crippen molar-refractivity contribution in [3.8, 4) is 0 Å². The van der Waals surface area contributed by atoms with Crippen LogP contribution in [0.2, 0.25) is 0 Å². The number of carbonyl (C=O) groups is 1. The highest BCUT2D eigenvalue weighted by Gasteiger charge is 2.40. The summed E-state index contributed by atoms with van der Waals surface area (Å²) < 4.78 is 57.7. The molecular formula is C12H23NO7S3. The second kappa shape index (κ2) is 8.65. The monoisotopic (exact) mass is 389 g/mol. The predicted octanol–water partition coefficient (Wildman–Crippen LogP) is 0.0978. The molecule has 0 aliphatic carbocycles. The average Bonchev–Trinajstić information content (AvgIpc) is 2.73. The molecule has 0 radical (unpaired) electrons. The molecule has 136 valence electrons. The summed E-state index contributed by atoms with van der Waals surface area (Å²) in [4.78, 5) is 11.1. The Morgan fingerprint density at radius 3 is 2.39 bits per heavy atom. The van der Waals surface area contributed by atoms with Crippen LogP contribution in [-0.2, 0) is 33.9 Å². The van der Waals surface area contributed by atoms with Crippen molar-refractivity contribution in [3.63, 3.8) is 0 Å². The topological polar surface area (TPSA) is 116 Å². The molecule has 11 heteroatoms. The maximum atomic E-state index is 11.4. The van der Waals surface area contributed by atoms with Gasteiger partial charge in [0, 0.05) is 17.4 Å². The van der Waals surface area contributed by atoms with E-state index in [4.69, 9.17) is 4.18 Å². The van der Waals surface area contributed by atoms with Gasteiger partial charge in [0.1, 0.15) is 6.10 Å². The van der Waals surface area contributed by atoms with Crippen LogP contribution < -0.4 is 4.72 Å². The van der Waals surface area contributed by atoms with E-state index in [1.165, 1.54) is 18.9 Å². The van der Waals surface area contributed by atoms with Crippen molar-refractivity contribution in [1.82, 2.24) is 4.72 Å². The van der Waals surface area contributed by atoms with E-state index in [-0.39, 0.29) is 11.2 Å². The molecule has 0 aromatic rings. The quantitative estimate of drug-likeness (QED) is 0.335. The Morgan fingerprint density at radius 1 is 1.22 bits per heavy atom. The Morgan fingerprint density at radius 2 is 1.87 bits per heavy atom. The molecule has 1 N–H and O–H groups in total. The lowest BCUT2D eigenvalue weighted by Crippen LogP contribution is -2.46. The Kier molecular flexibility index (Phi) is 7.78. The minimum absolute atomic E-state index is 0.151. The summed E-state index contributed by atoms with van der Waals surface area (Å²) in [6, 6.07) is -0.588. The SMILES string of the molecule is COC(=O)CCCC[C@@H]1SC[C@@H](NS(C)(=O)=O)[C@H]1OS(C)(=O)=O. The summed E-state index contributed by atoms with van der Waals surface area (Å²) in [5.41, 5.74) is 0. The summed E-state index contributed by atoms with van der Waals surface area (Å²) in [5, 5.41) is -0.151. The van der Waals surface area contributed by atoms with E-state index in [2.05, 4.69) is 9.46 Å². The van der Waals surface area contributed by atoms with Crippen LogP contribution in [0.5, 0.6) is 0 Å². The second-order valence-corrected chi connectivity index (χ2v) is 10.1. The summed E-state index contributed by atoms with van der Waals surface area (Å²) in [5.74, 6) is 0.152. The van der Waals surface area contributed by atoms with Gasteiger partial charge in [-0.2, -0.15) is 20.2 Å². The fourth-order valence-corrected chi connectivity index (χ4v) is 5.46. The lowest BCUT2D eigenvalue weighted by atomic mass is 10.0. The van der Waals surface area contributed by atoms with E-state index in [1.807, 2.05) is 0 Å². The zero-order valence-electron chi connectivity index (χ0n) is 13.4. The van der Waals surface area contributed by atoms with Crippen molar-refractivity contribution in [3.05, 3.63) is 0 Å². The van der Waals surface area contributed by atoms with Gasteiger partial charge in [-0.3, -0.25) is 8.98 Å². The van der Waals surface area contributed by atoms with Crippen LogP contribution in [0.3, 0.4) is 0 Å². The number of carbonyl (C=O) groups excluding carboxylic acids is 1. The normalized spacial score (nSPS) is 25.4. The van der Waals surface area contributed by atoms with Crippen LogP contribution in [0.1, 0.15) is 25.7 Å². The largest absolute Gasteiger partial charge is 0.469 e. The van der Waals surface area contributed by atoms with E-state index in [0.29, 0.717) is 31.4 Å². The van der Waals surface area contributed by atoms with E-state index < -0.39 is 32.3 Å². The highest BCUT2D eigenvalue weighted by molar-refractivity contribution is 8.00. The molecule has 1 fully saturated rings. The second-order valence-electron chi connectivity index (χ2n) is 5.46. The molecular weight excluding hydrogens is 366 g/mol. The van der Waals surface area contributed by atoms with Gasteiger partial charge in [0.25, 0.3) is 10.1 Å². The van der Waals surface area contributed by atoms with Crippen molar-refractivity contribution in [1.29, 1.82) is 0 Å². The molecule has 1 rings (SSSR count). The maximum absolute atomic E-state index is 11.4. The molecule has 1 aliphatic heterocycles. The van der Waals surface area contributed by atoms with E-state index in [0.717, 1.165) is 12.5 Å². The molecule has 0 unspecified atom stereocenters. The number of ether oxygens (including phenoxy) is 1. The van der Waals surface area contributed by atoms with Gasteiger partial charge in [0.05, 0.1) is 25.7 Å². The van der Waals surface area contributed by atoms with Crippen LogP contribution in [0.4, 0.5) is 0 Å². The Balaban J connectivity index is 2.64. The van der Waals surface area contributed by atoms with Crippen molar-refractivity contribution in [2.45, 2.75) is 43.1 Å². The lowest BCUT2D eigenvalue weighted by Gasteiger charge is -2.23. The molecule has 0 aromatic carbocycles. The Hall–Kier alpha value is -0.360. The number of hydrogen-bond acceptors (Lipinski definition) is 8. The van der Waals surface area contributed by atoms with Crippen LogP contribution in [0.25, 0.3) is 0 Å². The average molecular weight is 390 g/mol. The Bertz CT molecular complexity index is 602. The van der Waals surface area contributed by atoms with Gasteiger partial charge in [-0.05, 0) is 12.8 Å². The number of thioether (sulfide) groups is 1. The smallest absolute Gasteiger partial charge is 0.305 e. The van der Waals surface area contributed by atoms with E-state index >= 15 is 0 Å². The van der Waals surface area contributed by atoms with E-state index in [9.17, 15) is 21.6 Å². The first-order valence-electron chi connectivity index (χ1n) is 7.06. The fourth-order valence-electron chi connectivity index (χ4n) is 2.35. The van der Waals surface area contributed by atoms with Gasteiger partial charge in [-0.25, -0.2) is 13.1 Å². The number of rotatable bonds is 9. The first-order valence-corrected chi connectivity index (χ1v) is 11.8. The van der Waals surface area contributed by atoms with Crippen LogP contribution >= 0.6 is 11.8 Å². The van der Waals surface area contributed by atoms with Crippen molar-refractivity contribution in [2.24, 2.45) is 0 Å². The van der Waals surface area contributed by atoms with Crippen molar-refractivity contribution < 1.29 is 30.6 Å². The first-order chi connectivity index (χ1) is 10.5. The van der Waals surface area contributed by atoms with Gasteiger partial charge in [-0.1, -0.05) is 6.42 Å². The fraction of sp³-hybridized carbons (Fsp3) is 0.917. The zero-order chi connectivity index (χ0) is 17.7. The van der Waals surface area contributed by atoms with Crippen molar-refractivity contribution >= 4 is 37.9 Å². The Labute approximate surface area is 141 Å². The van der Waals surface area contributed by atoms with Crippen LogP contribution in [0, 0.1) is 0 Å². The molecule has 23 heavy (non-hydrogen) atoms.